The lowest BCUT2D eigenvalue weighted by Gasteiger charge is -2.09. The first-order valence-electron chi connectivity index (χ1n) is 6.87. The highest BCUT2D eigenvalue weighted by Crippen LogP contribution is 2.29. The molecule has 138 valence electrons. The molecule has 0 atom stereocenters. The summed E-state index contributed by atoms with van der Waals surface area (Å²) in [5, 5.41) is 11.0. The Labute approximate surface area is 146 Å². The third-order valence-electron chi connectivity index (χ3n) is 3.00. The smallest absolute Gasteiger partial charge is 0.357 e. The molecular weight excluding hydrogens is 370 g/mol. The van der Waals surface area contributed by atoms with E-state index in [1.807, 2.05) is 0 Å². The lowest BCUT2D eigenvalue weighted by atomic mass is 10.1. The molecule has 0 unspecified atom stereocenters. The Morgan fingerprint density at radius 2 is 1.85 bits per heavy atom. The number of ether oxygens (including phenoxy) is 1. The highest BCUT2D eigenvalue weighted by atomic mass is 32.2. The van der Waals surface area contributed by atoms with E-state index in [-0.39, 0.29) is 17.2 Å². The Bertz CT molecular complexity index is 1100. The molecule has 0 aliphatic rings. The van der Waals surface area contributed by atoms with E-state index in [4.69, 9.17) is 8.92 Å². The largest absolute Gasteiger partial charge is 0.493 e. The summed E-state index contributed by atoms with van der Waals surface area (Å²) in [5.74, 6) is 0.0640. The van der Waals surface area contributed by atoms with Crippen molar-refractivity contribution >= 4 is 28.0 Å². The third kappa shape index (κ3) is 4.57. The molecule has 0 fully saturated rings. The molecule has 2 aromatic rings. The van der Waals surface area contributed by atoms with Crippen molar-refractivity contribution in [1.82, 2.24) is 9.97 Å². The standard InChI is InChI=1S/C14H13N3O8S/c1-24-11-7-8(4-6-10(11)25-26(2,22)23)3-5-9-12(17(20)21)13(18)16-14(19)15-9/h3-7H,1-2H3,(H2,15,16,18,19). The van der Waals surface area contributed by atoms with E-state index < -0.39 is 32.0 Å². The molecule has 0 radical (unpaired) electrons. The quantitative estimate of drug-likeness (QED) is 0.414. The molecule has 26 heavy (non-hydrogen) atoms. The summed E-state index contributed by atoms with van der Waals surface area (Å²) in [6.07, 6.45) is 3.41. The zero-order valence-corrected chi connectivity index (χ0v) is 14.3. The molecule has 0 amide bonds. The van der Waals surface area contributed by atoms with E-state index in [9.17, 15) is 28.1 Å². The molecule has 2 rings (SSSR count). The number of aromatic amines is 2. The minimum atomic E-state index is -3.75. The van der Waals surface area contributed by atoms with E-state index in [2.05, 4.69) is 4.98 Å². The number of benzene rings is 1. The second-order valence-corrected chi connectivity index (χ2v) is 6.53. The Hall–Kier alpha value is -3.41. The number of nitrogens with zero attached hydrogens (tertiary/aromatic N) is 1. The molecule has 2 N–H and O–H groups in total. The van der Waals surface area contributed by atoms with E-state index in [0.717, 1.165) is 6.26 Å². The van der Waals surface area contributed by atoms with Crippen molar-refractivity contribution in [1.29, 1.82) is 0 Å². The average Bonchev–Trinajstić information content (AvgIpc) is 2.51. The van der Waals surface area contributed by atoms with Gasteiger partial charge in [0, 0.05) is 0 Å². The van der Waals surface area contributed by atoms with E-state index in [0.29, 0.717) is 5.56 Å². The molecule has 1 aromatic heterocycles. The molecule has 0 aliphatic carbocycles. The van der Waals surface area contributed by atoms with Gasteiger partial charge in [-0.2, -0.15) is 8.42 Å². The fourth-order valence-corrected chi connectivity index (χ4v) is 2.46. The summed E-state index contributed by atoms with van der Waals surface area (Å²) in [6.45, 7) is 0. The summed E-state index contributed by atoms with van der Waals surface area (Å²) < 4.78 is 32.2. The van der Waals surface area contributed by atoms with Gasteiger partial charge in [-0.05, 0) is 23.8 Å². The molecule has 0 aliphatic heterocycles. The van der Waals surface area contributed by atoms with Crippen molar-refractivity contribution < 1.29 is 22.3 Å². The van der Waals surface area contributed by atoms with Crippen molar-refractivity contribution in [2.24, 2.45) is 0 Å². The first kappa shape index (κ1) is 18.9. The number of nitrogens with one attached hydrogen (secondary N) is 2. The van der Waals surface area contributed by atoms with Crippen molar-refractivity contribution in [3.63, 3.8) is 0 Å². The molecule has 12 heteroatoms. The van der Waals surface area contributed by atoms with Gasteiger partial charge in [-0.3, -0.25) is 19.9 Å². The van der Waals surface area contributed by atoms with Crippen LogP contribution in [0.15, 0.2) is 27.8 Å². The van der Waals surface area contributed by atoms with Crippen molar-refractivity contribution in [2.45, 2.75) is 0 Å². The lowest BCUT2D eigenvalue weighted by molar-refractivity contribution is -0.386. The predicted molar refractivity (Wildman–Crippen MR) is 91.7 cm³/mol. The van der Waals surface area contributed by atoms with Gasteiger partial charge in [0.05, 0.1) is 18.3 Å². The maximum Gasteiger partial charge on any atom is 0.357 e. The Morgan fingerprint density at radius 1 is 1.15 bits per heavy atom. The van der Waals surface area contributed by atoms with Crippen LogP contribution in [0.4, 0.5) is 5.69 Å². The van der Waals surface area contributed by atoms with Crippen molar-refractivity contribution in [3.8, 4) is 11.5 Å². The second kappa shape index (κ2) is 7.23. The topological polar surface area (TPSA) is 161 Å². The van der Waals surface area contributed by atoms with Gasteiger partial charge in [-0.15, -0.1) is 0 Å². The van der Waals surface area contributed by atoms with Gasteiger partial charge in [-0.25, -0.2) is 4.79 Å². The van der Waals surface area contributed by atoms with Crippen LogP contribution in [-0.2, 0) is 10.1 Å². The molecule has 0 saturated carbocycles. The minimum absolute atomic E-state index is 0.0392. The summed E-state index contributed by atoms with van der Waals surface area (Å²) in [5.41, 5.74) is -2.69. The number of nitro groups is 1. The summed E-state index contributed by atoms with van der Waals surface area (Å²) in [4.78, 5) is 36.9. The van der Waals surface area contributed by atoms with E-state index in [1.165, 1.54) is 37.5 Å². The van der Waals surface area contributed by atoms with E-state index in [1.54, 1.807) is 4.98 Å². The number of H-pyrrole nitrogens is 2. The number of methoxy groups -OCH3 is 1. The summed E-state index contributed by atoms with van der Waals surface area (Å²) in [6, 6.07) is 4.19. The molecule has 0 saturated heterocycles. The average molecular weight is 383 g/mol. The van der Waals surface area contributed by atoms with Gasteiger partial charge in [0.25, 0.3) is 0 Å². The van der Waals surface area contributed by atoms with Crippen LogP contribution in [0.5, 0.6) is 11.5 Å². The highest BCUT2D eigenvalue weighted by molar-refractivity contribution is 7.86. The third-order valence-corrected chi connectivity index (χ3v) is 3.48. The monoisotopic (exact) mass is 383 g/mol. The predicted octanol–water partition coefficient (Wildman–Crippen LogP) is 0.489. The second-order valence-electron chi connectivity index (χ2n) is 4.96. The van der Waals surface area contributed by atoms with Crippen LogP contribution >= 0.6 is 0 Å². The lowest BCUT2D eigenvalue weighted by Crippen LogP contribution is -2.25. The van der Waals surface area contributed by atoms with Gasteiger partial charge < -0.3 is 13.9 Å². The zero-order valence-electron chi connectivity index (χ0n) is 13.5. The molecule has 0 spiro atoms. The van der Waals surface area contributed by atoms with Gasteiger partial charge >= 0.3 is 27.1 Å². The van der Waals surface area contributed by atoms with Crippen LogP contribution in [0.2, 0.25) is 0 Å². The van der Waals surface area contributed by atoms with Gasteiger partial charge in [0.2, 0.25) is 0 Å². The fraction of sp³-hybridized carbons (Fsp3) is 0.143. The van der Waals surface area contributed by atoms with Crippen LogP contribution in [0.25, 0.3) is 12.2 Å². The molecule has 0 bridgehead atoms. The minimum Gasteiger partial charge on any atom is -0.493 e. The van der Waals surface area contributed by atoms with Crippen LogP contribution in [0, 0.1) is 10.1 Å². The first-order valence-corrected chi connectivity index (χ1v) is 8.69. The number of hydrogen-bond acceptors (Lipinski definition) is 8. The van der Waals surface area contributed by atoms with Gasteiger partial charge in [0.15, 0.2) is 11.5 Å². The fourth-order valence-electron chi connectivity index (χ4n) is 2.00. The number of rotatable bonds is 6. The van der Waals surface area contributed by atoms with Crippen molar-refractivity contribution in [3.05, 3.63) is 60.4 Å². The summed E-state index contributed by atoms with van der Waals surface area (Å²) in [7, 11) is -2.45. The first-order chi connectivity index (χ1) is 12.1. The Kier molecular flexibility index (Phi) is 5.26. The van der Waals surface area contributed by atoms with Crippen LogP contribution in [-0.4, -0.2) is 36.7 Å². The maximum atomic E-state index is 11.5. The van der Waals surface area contributed by atoms with Crippen LogP contribution < -0.4 is 20.2 Å². The van der Waals surface area contributed by atoms with Crippen molar-refractivity contribution in [2.75, 3.05) is 13.4 Å². The van der Waals surface area contributed by atoms with Crippen LogP contribution in [0.1, 0.15) is 11.3 Å². The van der Waals surface area contributed by atoms with Crippen LogP contribution in [0.3, 0.4) is 0 Å². The number of aromatic nitrogens is 2. The molecular formula is C14H13N3O8S. The summed E-state index contributed by atoms with van der Waals surface area (Å²) >= 11 is 0. The highest BCUT2D eigenvalue weighted by Gasteiger charge is 2.19. The zero-order chi connectivity index (χ0) is 19.5. The molecule has 1 heterocycles. The number of hydrogen-bond donors (Lipinski definition) is 2. The maximum absolute atomic E-state index is 11.5. The Morgan fingerprint density at radius 3 is 2.42 bits per heavy atom. The Balaban J connectivity index is 2.45. The normalized spacial score (nSPS) is 11.5. The molecule has 11 nitrogen and oxygen atoms in total. The SMILES string of the molecule is COc1cc(C=Cc2[nH]c(=O)[nH]c(=O)c2[N+](=O)[O-])ccc1OS(C)(=O)=O. The van der Waals surface area contributed by atoms with E-state index >= 15 is 0 Å². The van der Waals surface area contributed by atoms with Gasteiger partial charge in [0.1, 0.15) is 5.69 Å². The molecule has 1 aromatic carbocycles. The van der Waals surface area contributed by atoms with Gasteiger partial charge in [-0.1, -0.05) is 12.1 Å².